The Labute approximate surface area is 182 Å². The van der Waals surface area contributed by atoms with E-state index in [-0.39, 0.29) is 18.0 Å². The predicted molar refractivity (Wildman–Crippen MR) is 119 cm³/mol. The van der Waals surface area contributed by atoms with E-state index >= 15 is 0 Å². The largest absolute Gasteiger partial charge is 0.505 e. The van der Waals surface area contributed by atoms with Crippen molar-refractivity contribution in [3.63, 3.8) is 0 Å². The fourth-order valence-corrected chi connectivity index (χ4v) is 4.08. The SMILES string of the molecule is O=C(O)CNc1c(O)c2cccc3c2n(c1=O)C(c1ccc(-c2cccnc2)cc1)CO3. The van der Waals surface area contributed by atoms with E-state index in [1.54, 1.807) is 35.2 Å². The van der Waals surface area contributed by atoms with Crippen LogP contribution in [-0.4, -0.2) is 38.9 Å². The smallest absolute Gasteiger partial charge is 0.322 e. The van der Waals surface area contributed by atoms with Crippen LogP contribution < -0.4 is 15.6 Å². The zero-order valence-electron chi connectivity index (χ0n) is 16.9. The highest BCUT2D eigenvalue weighted by Gasteiger charge is 2.29. The fourth-order valence-electron chi connectivity index (χ4n) is 4.08. The van der Waals surface area contributed by atoms with E-state index in [1.165, 1.54) is 0 Å². The van der Waals surface area contributed by atoms with Crippen molar-refractivity contribution in [2.24, 2.45) is 0 Å². The molecule has 4 aromatic rings. The molecule has 2 aromatic heterocycles. The Balaban J connectivity index is 1.65. The number of hydrogen-bond donors (Lipinski definition) is 3. The second-order valence-corrected chi connectivity index (χ2v) is 7.49. The number of rotatable bonds is 5. The van der Waals surface area contributed by atoms with Crippen LogP contribution in [0.15, 0.2) is 71.8 Å². The third kappa shape index (κ3) is 3.22. The summed E-state index contributed by atoms with van der Waals surface area (Å²) in [6, 6.07) is 16.3. The summed E-state index contributed by atoms with van der Waals surface area (Å²) < 4.78 is 7.50. The summed E-state index contributed by atoms with van der Waals surface area (Å²) in [4.78, 5) is 28.6. The highest BCUT2D eigenvalue weighted by Crippen LogP contribution is 2.40. The molecule has 3 N–H and O–H groups in total. The van der Waals surface area contributed by atoms with Gasteiger partial charge in [0.1, 0.15) is 24.6 Å². The molecule has 5 rings (SSSR count). The Kier molecular flexibility index (Phi) is 4.74. The van der Waals surface area contributed by atoms with Gasteiger partial charge in [-0.1, -0.05) is 36.4 Å². The van der Waals surface area contributed by atoms with Gasteiger partial charge in [-0.2, -0.15) is 0 Å². The second-order valence-electron chi connectivity index (χ2n) is 7.49. The van der Waals surface area contributed by atoms with Crippen molar-refractivity contribution in [2.75, 3.05) is 18.5 Å². The zero-order chi connectivity index (χ0) is 22.2. The third-order valence-corrected chi connectivity index (χ3v) is 5.58. The molecule has 1 unspecified atom stereocenters. The zero-order valence-corrected chi connectivity index (χ0v) is 16.9. The number of aromatic nitrogens is 2. The lowest BCUT2D eigenvalue weighted by Gasteiger charge is -2.29. The van der Waals surface area contributed by atoms with Crippen LogP contribution in [0, 0.1) is 0 Å². The number of carbonyl (C=O) groups is 1. The van der Waals surface area contributed by atoms with Crippen LogP contribution in [0.4, 0.5) is 5.69 Å². The molecule has 0 spiro atoms. The standard InChI is InChI=1S/C24H19N3O5/c28-20(29)12-26-21-23(30)17-4-1-5-19-22(17)27(24(21)31)18(13-32-19)15-8-6-14(7-9-15)16-3-2-10-25-11-16/h1-11,18,26,30H,12-13H2,(H,28,29). The summed E-state index contributed by atoms with van der Waals surface area (Å²) in [5.74, 6) is -0.939. The Bertz CT molecular complexity index is 1380. The van der Waals surface area contributed by atoms with Gasteiger partial charge in [-0.15, -0.1) is 0 Å². The number of carboxylic acids is 1. The topological polar surface area (TPSA) is 114 Å². The molecule has 160 valence electrons. The molecule has 1 atom stereocenters. The van der Waals surface area contributed by atoms with E-state index in [9.17, 15) is 14.7 Å². The molecular formula is C24H19N3O5. The van der Waals surface area contributed by atoms with Crippen molar-refractivity contribution < 1.29 is 19.7 Å². The van der Waals surface area contributed by atoms with Crippen molar-refractivity contribution in [1.29, 1.82) is 0 Å². The minimum Gasteiger partial charge on any atom is -0.505 e. The Morgan fingerprint density at radius 2 is 1.94 bits per heavy atom. The van der Waals surface area contributed by atoms with Crippen molar-refractivity contribution in [1.82, 2.24) is 9.55 Å². The number of carboxylic acid groups (broad SMARTS) is 1. The van der Waals surface area contributed by atoms with Gasteiger partial charge in [-0.05, 0) is 34.9 Å². The summed E-state index contributed by atoms with van der Waals surface area (Å²) >= 11 is 0. The summed E-state index contributed by atoms with van der Waals surface area (Å²) in [6.45, 7) is -0.267. The molecule has 0 aliphatic carbocycles. The van der Waals surface area contributed by atoms with E-state index < -0.39 is 24.1 Å². The Morgan fingerprint density at radius 1 is 1.12 bits per heavy atom. The molecule has 0 amide bonds. The normalized spacial score (nSPS) is 14.7. The van der Waals surface area contributed by atoms with Gasteiger partial charge >= 0.3 is 5.97 Å². The first-order valence-corrected chi connectivity index (χ1v) is 10.0. The monoisotopic (exact) mass is 429 g/mol. The first-order valence-electron chi connectivity index (χ1n) is 10.0. The van der Waals surface area contributed by atoms with Crippen LogP contribution in [-0.2, 0) is 4.79 Å². The van der Waals surface area contributed by atoms with Gasteiger partial charge in [0.25, 0.3) is 5.56 Å². The molecule has 0 fully saturated rings. The van der Waals surface area contributed by atoms with E-state index in [1.807, 2.05) is 36.4 Å². The molecule has 32 heavy (non-hydrogen) atoms. The quantitative estimate of drug-likeness (QED) is 0.446. The van der Waals surface area contributed by atoms with Crippen molar-refractivity contribution in [3.8, 4) is 22.6 Å². The molecular weight excluding hydrogens is 410 g/mol. The van der Waals surface area contributed by atoms with Gasteiger partial charge in [0.2, 0.25) is 0 Å². The van der Waals surface area contributed by atoms with Crippen LogP contribution >= 0.6 is 0 Å². The number of anilines is 1. The highest BCUT2D eigenvalue weighted by molar-refractivity contribution is 5.95. The molecule has 1 aliphatic heterocycles. The van der Waals surface area contributed by atoms with Gasteiger partial charge < -0.3 is 20.3 Å². The van der Waals surface area contributed by atoms with Crippen molar-refractivity contribution in [3.05, 3.63) is 82.9 Å². The van der Waals surface area contributed by atoms with Crippen LogP contribution in [0.25, 0.3) is 22.0 Å². The lowest BCUT2D eigenvalue weighted by Crippen LogP contribution is -2.34. The minimum atomic E-state index is -1.14. The van der Waals surface area contributed by atoms with E-state index in [0.717, 1.165) is 16.7 Å². The Hall–Kier alpha value is -4.33. The van der Waals surface area contributed by atoms with Crippen LogP contribution in [0.3, 0.4) is 0 Å². The highest BCUT2D eigenvalue weighted by atomic mass is 16.5. The first-order chi connectivity index (χ1) is 15.5. The van der Waals surface area contributed by atoms with E-state index in [2.05, 4.69) is 10.3 Å². The Morgan fingerprint density at radius 3 is 2.66 bits per heavy atom. The number of hydrogen-bond acceptors (Lipinski definition) is 6. The average molecular weight is 429 g/mol. The maximum absolute atomic E-state index is 13.4. The number of aliphatic carboxylic acids is 1. The maximum atomic E-state index is 13.4. The van der Waals surface area contributed by atoms with Crippen LogP contribution in [0.5, 0.6) is 11.5 Å². The minimum absolute atomic E-state index is 0.143. The van der Waals surface area contributed by atoms with Gasteiger partial charge in [-0.3, -0.25) is 19.1 Å². The number of benzene rings is 2. The predicted octanol–water partition coefficient (Wildman–Crippen LogP) is 3.25. The van der Waals surface area contributed by atoms with Gasteiger partial charge in [0, 0.05) is 17.8 Å². The van der Waals surface area contributed by atoms with Crippen molar-refractivity contribution >= 4 is 22.6 Å². The molecule has 8 heteroatoms. The van der Waals surface area contributed by atoms with E-state index in [0.29, 0.717) is 16.7 Å². The van der Waals surface area contributed by atoms with Gasteiger partial charge in [-0.25, -0.2) is 0 Å². The summed E-state index contributed by atoms with van der Waals surface area (Å²) in [6.07, 6.45) is 3.50. The molecule has 2 aromatic carbocycles. The molecule has 0 saturated carbocycles. The summed E-state index contributed by atoms with van der Waals surface area (Å²) in [7, 11) is 0. The van der Waals surface area contributed by atoms with Gasteiger partial charge in [0.15, 0.2) is 5.75 Å². The van der Waals surface area contributed by atoms with Gasteiger partial charge in [0.05, 0.1) is 11.6 Å². The average Bonchev–Trinajstić information content (AvgIpc) is 2.82. The van der Waals surface area contributed by atoms with Crippen LogP contribution in [0.1, 0.15) is 11.6 Å². The molecule has 0 bridgehead atoms. The molecule has 0 saturated heterocycles. The number of para-hydroxylation sites is 1. The molecule has 3 heterocycles. The molecule has 8 nitrogen and oxygen atoms in total. The van der Waals surface area contributed by atoms with E-state index in [4.69, 9.17) is 9.84 Å². The number of nitrogens with zero attached hydrogens (tertiary/aromatic N) is 2. The van der Waals surface area contributed by atoms with Crippen LogP contribution in [0.2, 0.25) is 0 Å². The lowest BCUT2D eigenvalue weighted by atomic mass is 10.00. The number of nitrogens with one attached hydrogen (secondary N) is 1. The lowest BCUT2D eigenvalue weighted by molar-refractivity contribution is -0.134. The van der Waals surface area contributed by atoms with Crippen molar-refractivity contribution in [2.45, 2.75) is 6.04 Å². The third-order valence-electron chi connectivity index (χ3n) is 5.58. The molecule has 1 aliphatic rings. The summed E-state index contributed by atoms with van der Waals surface area (Å²) in [5, 5.41) is 22.7. The first kappa shape index (κ1) is 19.6. The number of pyridine rings is 2. The number of ether oxygens (including phenoxy) is 1. The fraction of sp³-hybridized carbons (Fsp3) is 0.125. The maximum Gasteiger partial charge on any atom is 0.322 e. The number of aromatic hydroxyl groups is 1. The molecule has 0 radical (unpaired) electrons. The second kappa shape index (κ2) is 7.73. The summed E-state index contributed by atoms with van der Waals surface area (Å²) in [5.41, 5.74) is 2.65.